The molecule has 1 aromatic carbocycles. The summed E-state index contributed by atoms with van der Waals surface area (Å²) in [5, 5.41) is 5.93. The number of nitrogens with one attached hydrogen (secondary N) is 3. The molecular weight excluding hydrogens is 439 g/mol. The van der Waals surface area contributed by atoms with Gasteiger partial charge in [0, 0.05) is 25.4 Å². The second-order valence-electron chi connectivity index (χ2n) is 9.04. The quantitative estimate of drug-likeness (QED) is 0.490. The molecule has 3 heterocycles. The van der Waals surface area contributed by atoms with Crippen molar-refractivity contribution in [2.75, 3.05) is 32.1 Å². The number of aromatic amines is 1. The van der Waals surface area contributed by atoms with E-state index in [0.717, 1.165) is 0 Å². The molecule has 10 heteroatoms. The van der Waals surface area contributed by atoms with E-state index in [4.69, 9.17) is 14.5 Å². The predicted molar refractivity (Wildman–Crippen MR) is 123 cm³/mol. The van der Waals surface area contributed by atoms with E-state index < -0.39 is 11.7 Å². The monoisotopic (exact) mass is 466 g/mol. The van der Waals surface area contributed by atoms with Crippen molar-refractivity contribution < 1.29 is 18.7 Å². The molecule has 2 aliphatic rings. The van der Waals surface area contributed by atoms with Gasteiger partial charge in [-0.15, -0.1) is 0 Å². The number of hydrogen-bond donors (Lipinski definition) is 3. The zero-order valence-corrected chi connectivity index (χ0v) is 19.1. The molecule has 5 rings (SSSR count). The smallest absolute Gasteiger partial charge is 0.230 e. The highest BCUT2D eigenvalue weighted by Gasteiger charge is 2.41. The van der Waals surface area contributed by atoms with Crippen LogP contribution in [0.4, 0.5) is 10.3 Å². The highest BCUT2D eigenvalue weighted by atomic mass is 19.1. The van der Waals surface area contributed by atoms with Crippen LogP contribution in [0.1, 0.15) is 31.9 Å². The minimum atomic E-state index is -0.775. The first kappa shape index (κ1) is 22.4. The SMILES string of the molecule is CNc1nccc(-c2[nH]c(C3OCC(C)(C(=O)NCC4CC4)CO3)nc2-c2ccc(F)cc2)n1. The highest BCUT2D eigenvalue weighted by molar-refractivity contribution is 5.82. The number of amides is 1. The molecule has 1 saturated heterocycles. The zero-order chi connectivity index (χ0) is 23.7. The Bertz CT molecular complexity index is 1170. The number of imidazole rings is 1. The Kier molecular flexibility index (Phi) is 6.01. The normalized spacial score (nSPS) is 22.4. The number of carbonyl (C=O) groups is 1. The molecule has 0 radical (unpaired) electrons. The van der Waals surface area contributed by atoms with Gasteiger partial charge in [-0.25, -0.2) is 19.3 Å². The molecule has 0 bridgehead atoms. The lowest BCUT2D eigenvalue weighted by Crippen LogP contribution is -2.49. The van der Waals surface area contributed by atoms with Crippen molar-refractivity contribution in [2.45, 2.75) is 26.1 Å². The maximum atomic E-state index is 13.5. The zero-order valence-electron chi connectivity index (χ0n) is 19.1. The molecule has 9 nitrogen and oxygen atoms in total. The van der Waals surface area contributed by atoms with E-state index in [2.05, 4.69) is 25.6 Å². The van der Waals surface area contributed by atoms with Crippen molar-refractivity contribution in [1.82, 2.24) is 25.3 Å². The fraction of sp³-hybridized carbons (Fsp3) is 0.417. The predicted octanol–water partition coefficient (Wildman–Crippen LogP) is 3.29. The van der Waals surface area contributed by atoms with E-state index in [9.17, 15) is 9.18 Å². The maximum Gasteiger partial charge on any atom is 0.230 e. The Labute approximate surface area is 196 Å². The third kappa shape index (κ3) is 4.64. The van der Waals surface area contributed by atoms with Crippen molar-refractivity contribution in [3.63, 3.8) is 0 Å². The van der Waals surface area contributed by atoms with Crippen LogP contribution in [0.5, 0.6) is 0 Å². The number of H-pyrrole nitrogens is 1. The van der Waals surface area contributed by atoms with E-state index in [1.54, 1.807) is 31.4 Å². The number of aromatic nitrogens is 4. The number of hydrogen-bond acceptors (Lipinski definition) is 7. The number of rotatable bonds is 7. The van der Waals surface area contributed by atoms with Crippen LogP contribution >= 0.6 is 0 Å². The average molecular weight is 467 g/mol. The Balaban J connectivity index is 1.40. The van der Waals surface area contributed by atoms with E-state index in [0.29, 0.717) is 46.9 Å². The van der Waals surface area contributed by atoms with Gasteiger partial charge in [0.05, 0.1) is 35.7 Å². The van der Waals surface area contributed by atoms with Crippen molar-refractivity contribution in [2.24, 2.45) is 11.3 Å². The molecule has 3 N–H and O–H groups in total. The number of nitrogens with zero attached hydrogens (tertiary/aromatic N) is 3. The van der Waals surface area contributed by atoms with Gasteiger partial charge in [-0.05, 0) is 56.0 Å². The lowest BCUT2D eigenvalue weighted by Gasteiger charge is -2.35. The van der Waals surface area contributed by atoms with Crippen molar-refractivity contribution >= 4 is 11.9 Å². The van der Waals surface area contributed by atoms with Crippen molar-refractivity contribution in [3.8, 4) is 22.6 Å². The number of ether oxygens (including phenoxy) is 2. The van der Waals surface area contributed by atoms with Gasteiger partial charge in [-0.2, -0.15) is 0 Å². The van der Waals surface area contributed by atoms with Crippen LogP contribution in [-0.2, 0) is 14.3 Å². The van der Waals surface area contributed by atoms with Gasteiger partial charge in [-0.1, -0.05) is 0 Å². The van der Waals surface area contributed by atoms with Crippen LogP contribution in [0.3, 0.4) is 0 Å². The Morgan fingerprint density at radius 1 is 1.18 bits per heavy atom. The first-order chi connectivity index (χ1) is 16.4. The molecule has 2 aromatic heterocycles. The minimum absolute atomic E-state index is 0.0643. The molecule has 1 aliphatic heterocycles. The maximum absolute atomic E-state index is 13.5. The molecule has 0 atom stereocenters. The molecule has 0 unspecified atom stereocenters. The number of benzene rings is 1. The molecule has 1 aliphatic carbocycles. The van der Waals surface area contributed by atoms with Crippen molar-refractivity contribution in [3.05, 3.63) is 48.2 Å². The van der Waals surface area contributed by atoms with E-state index in [1.165, 1.54) is 25.0 Å². The third-order valence-electron chi connectivity index (χ3n) is 6.10. The summed E-state index contributed by atoms with van der Waals surface area (Å²) in [7, 11) is 1.74. The molecular formula is C24H27FN6O3. The highest BCUT2D eigenvalue weighted by Crippen LogP contribution is 2.36. The Morgan fingerprint density at radius 2 is 1.91 bits per heavy atom. The van der Waals surface area contributed by atoms with E-state index in [1.807, 2.05) is 6.92 Å². The first-order valence-corrected chi connectivity index (χ1v) is 11.3. The average Bonchev–Trinajstić information content (AvgIpc) is 3.59. The van der Waals surface area contributed by atoms with Crippen LogP contribution in [0.25, 0.3) is 22.6 Å². The fourth-order valence-electron chi connectivity index (χ4n) is 3.79. The lowest BCUT2D eigenvalue weighted by atomic mass is 9.91. The van der Waals surface area contributed by atoms with Crippen LogP contribution in [0, 0.1) is 17.2 Å². The van der Waals surface area contributed by atoms with Gasteiger partial charge in [0.1, 0.15) is 5.82 Å². The largest absolute Gasteiger partial charge is 0.357 e. The van der Waals surface area contributed by atoms with Crippen LogP contribution in [0.15, 0.2) is 36.5 Å². The first-order valence-electron chi connectivity index (χ1n) is 11.3. The van der Waals surface area contributed by atoms with Crippen molar-refractivity contribution in [1.29, 1.82) is 0 Å². The van der Waals surface area contributed by atoms with Gasteiger partial charge in [-0.3, -0.25) is 4.79 Å². The molecule has 178 valence electrons. The Morgan fingerprint density at radius 3 is 2.59 bits per heavy atom. The summed E-state index contributed by atoms with van der Waals surface area (Å²) >= 11 is 0. The van der Waals surface area contributed by atoms with Crippen LogP contribution in [-0.4, -0.2) is 52.6 Å². The molecule has 1 saturated carbocycles. The molecule has 2 fully saturated rings. The second-order valence-corrected chi connectivity index (χ2v) is 9.04. The van der Waals surface area contributed by atoms with E-state index in [-0.39, 0.29) is 24.9 Å². The number of carbonyl (C=O) groups excluding carboxylic acids is 1. The molecule has 0 spiro atoms. The summed E-state index contributed by atoms with van der Waals surface area (Å²) in [4.78, 5) is 29.3. The molecule has 1 amide bonds. The molecule has 3 aromatic rings. The standard InChI is InChI=1S/C24H27FN6O3/c1-24(22(32)28-11-14-3-4-14)12-33-21(34-13-24)20-30-18(15-5-7-16(25)8-6-15)19(31-20)17-9-10-27-23(26-2)29-17/h5-10,14,21H,3-4,11-13H2,1-2H3,(H,28,32)(H,30,31)(H,26,27,29). The summed E-state index contributed by atoms with van der Waals surface area (Å²) in [6.07, 6.45) is 3.21. The van der Waals surface area contributed by atoms with E-state index >= 15 is 0 Å². The Hall–Kier alpha value is -3.37. The van der Waals surface area contributed by atoms with Crippen LogP contribution in [0.2, 0.25) is 0 Å². The number of halogens is 1. The summed E-state index contributed by atoms with van der Waals surface area (Å²) < 4.78 is 25.4. The summed E-state index contributed by atoms with van der Waals surface area (Å²) in [6.45, 7) is 2.94. The minimum Gasteiger partial charge on any atom is -0.357 e. The van der Waals surface area contributed by atoms with Gasteiger partial charge < -0.3 is 25.1 Å². The van der Waals surface area contributed by atoms with Crippen LogP contribution < -0.4 is 10.6 Å². The third-order valence-corrected chi connectivity index (χ3v) is 6.10. The summed E-state index contributed by atoms with van der Waals surface area (Å²) in [5.41, 5.74) is 1.76. The fourth-order valence-corrected chi connectivity index (χ4v) is 3.79. The second kappa shape index (κ2) is 9.11. The molecule has 34 heavy (non-hydrogen) atoms. The summed E-state index contributed by atoms with van der Waals surface area (Å²) in [6, 6.07) is 7.83. The van der Waals surface area contributed by atoms with Gasteiger partial charge in [0.2, 0.25) is 18.1 Å². The lowest BCUT2D eigenvalue weighted by molar-refractivity contribution is -0.231. The number of anilines is 1. The summed E-state index contributed by atoms with van der Waals surface area (Å²) in [5.74, 6) is 1.10. The van der Waals surface area contributed by atoms with Gasteiger partial charge >= 0.3 is 0 Å². The van der Waals surface area contributed by atoms with Gasteiger partial charge in [0.25, 0.3) is 0 Å². The van der Waals surface area contributed by atoms with Gasteiger partial charge in [0.15, 0.2) is 5.82 Å². The topological polar surface area (TPSA) is 114 Å².